The van der Waals surface area contributed by atoms with Gasteiger partial charge >= 0.3 is 6.03 Å². The Morgan fingerprint density at radius 2 is 2.00 bits per heavy atom. The molecule has 5 nitrogen and oxygen atoms in total. The Balaban J connectivity index is 1.49. The fourth-order valence-corrected chi connectivity index (χ4v) is 4.22. The van der Waals surface area contributed by atoms with Crippen molar-refractivity contribution in [2.24, 2.45) is 17.8 Å². The Bertz CT molecular complexity index is 565. The first kappa shape index (κ1) is 18.2. The van der Waals surface area contributed by atoms with Crippen LogP contribution in [0, 0.1) is 17.8 Å². The summed E-state index contributed by atoms with van der Waals surface area (Å²) in [7, 11) is 0. The lowest BCUT2D eigenvalue weighted by molar-refractivity contribution is 0.197. The van der Waals surface area contributed by atoms with E-state index in [1.807, 2.05) is 13.8 Å². The van der Waals surface area contributed by atoms with Crippen LogP contribution in [0.3, 0.4) is 0 Å². The van der Waals surface area contributed by atoms with Crippen molar-refractivity contribution in [1.29, 1.82) is 0 Å². The molecule has 0 aromatic heterocycles. The van der Waals surface area contributed by atoms with Crippen molar-refractivity contribution in [3.63, 3.8) is 0 Å². The summed E-state index contributed by atoms with van der Waals surface area (Å²) < 4.78 is 0. The first-order valence-electron chi connectivity index (χ1n) is 9.51. The number of urea groups is 1. The molecule has 1 aromatic carbocycles. The zero-order valence-corrected chi connectivity index (χ0v) is 15.3. The number of carbonyl (C=O) groups excluding carboxylic acids is 1. The molecule has 25 heavy (non-hydrogen) atoms. The number of amides is 2. The molecule has 1 saturated heterocycles. The van der Waals surface area contributed by atoms with Crippen LogP contribution in [0.15, 0.2) is 30.3 Å². The molecule has 3 N–H and O–H groups in total. The summed E-state index contributed by atoms with van der Waals surface area (Å²) in [4.78, 5) is 14.8. The number of carbonyl (C=O) groups is 1. The molecule has 2 amide bonds. The first-order valence-corrected chi connectivity index (χ1v) is 9.51. The van der Waals surface area contributed by atoms with E-state index < -0.39 is 0 Å². The molecule has 0 spiro atoms. The van der Waals surface area contributed by atoms with E-state index in [1.165, 1.54) is 12.0 Å². The van der Waals surface area contributed by atoms with Gasteiger partial charge in [-0.05, 0) is 43.1 Å². The van der Waals surface area contributed by atoms with Crippen LogP contribution in [-0.4, -0.2) is 47.8 Å². The maximum absolute atomic E-state index is 12.3. The van der Waals surface area contributed by atoms with E-state index in [9.17, 15) is 9.90 Å². The quantitative estimate of drug-likeness (QED) is 0.741. The lowest BCUT2D eigenvalue weighted by Gasteiger charge is -2.24. The fourth-order valence-electron chi connectivity index (χ4n) is 4.22. The Morgan fingerprint density at radius 1 is 1.24 bits per heavy atom. The highest BCUT2D eigenvalue weighted by molar-refractivity contribution is 5.74. The second-order valence-corrected chi connectivity index (χ2v) is 7.85. The third-order valence-corrected chi connectivity index (χ3v) is 6.00. The summed E-state index contributed by atoms with van der Waals surface area (Å²) in [5.41, 5.74) is 1.36. The summed E-state index contributed by atoms with van der Waals surface area (Å²) in [6, 6.07) is 10.7. The molecule has 2 fully saturated rings. The summed E-state index contributed by atoms with van der Waals surface area (Å²) >= 11 is 0. The number of aliphatic hydroxyl groups excluding tert-OH is 1. The van der Waals surface area contributed by atoms with Gasteiger partial charge in [0, 0.05) is 38.3 Å². The van der Waals surface area contributed by atoms with Gasteiger partial charge < -0.3 is 15.7 Å². The zero-order chi connectivity index (χ0) is 17.8. The summed E-state index contributed by atoms with van der Waals surface area (Å²) in [5, 5.41) is 15.3. The molecule has 1 aliphatic heterocycles. The van der Waals surface area contributed by atoms with E-state index in [2.05, 4.69) is 45.9 Å². The van der Waals surface area contributed by atoms with Crippen LogP contribution in [-0.2, 0) is 6.54 Å². The topological polar surface area (TPSA) is 64.6 Å². The average molecular weight is 345 g/mol. The normalized spacial score (nSPS) is 28.4. The maximum Gasteiger partial charge on any atom is 0.315 e. The van der Waals surface area contributed by atoms with Crippen LogP contribution in [0.25, 0.3) is 0 Å². The zero-order valence-electron chi connectivity index (χ0n) is 15.3. The third-order valence-electron chi connectivity index (χ3n) is 6.00. The number of nitrogens with one attached hydrogen (secondary N) is 2. The molecule has 0 unspecified atom stereocenters. The number of nitrogens with zero attached hydrogens (tertiary/aromatic N) is 1. The van der Waals surface area contributed by atoms with Gasteiger partial charge in [-0.15, -0.1) is 0 Å². The van der Waals surface area contributed by atoms with Crippen molar-refractivity contribution in [2.45, 2.75) is 45.3 Å². The molecule has 5 heteroatoms. The van der Waals surface area contributed by atoms with Crippen molar-refractivity contribution in [3.05, 3.63) is 35.9 Å². The molecule has 0 bridgehead atoms. The minimum Gasteiger partial charge on any atom is -0.396 e. The molecular formula is C20H31N3O2. The third kappa shape index (κ3) is 4.53. The minimum atomic E-state index is -0.0973. The van der Waals surface area contributed by atoms with Gasteiger partial charge in [-0.25, -0.2) is 4.79 Å². The van der Waals surface area contributed by atoms with Crippen LogP contribution >= 0.6 is 0 Å². The summed E-state index contributed by atoms with van der Waals surface area (Å²) in [6.07, 6.45) is 2.27. The second-order valence-electron chi connectivity index (χ2n) is 7.85. The van der Waals surface area contributed by atoms with Crippen LogP contribution in [0.2, 0.25) is 0 Å². The van der Waals surface area contributed by atoms with Crippen molar-refractivity contribution < 1.29 is 9.90 Å². The van der Waals surface area contributed by atoms with Gasteiger partial charge in [-0.2, -0.15) is 0 Å². The Morgan fingerprint density at radius 3 is 2.72 bits per heavy atom. The van der Waals surface area contributed by atoms with E-state index in [-0.39, 0.29) is 30.6 Å². The monoisotopic (exact) mass is 345 g/mol. The largest absolute Gasteiger partial charge is 0.396 e. The van der Waals surface area contributed by atoms with Gasteiger partial charge in [0.2, 0.25) is 0 Å². The van der Waals surface area contributed by atoms with Crippen LogP contribution < -0.4 is 10.6 Å². The van der Waals surface area contributed by atoms with Gasteiger partial charge in [0.1, 0.15) is 0 Å². The second kappa shape index (κ2) is 8.19. The molecule has 1 saturated carbocycles. The van der Waals surface area contributed by atoms with E-state index in [1.54, 1.807) is 0 Å². The molecule has 3 rings (SSSR count). The smallest absolute Gasteiger partial charge is 0.315 e. The van der Waals surface area contributed by atoms with Gasteiger partial charge in [-0.3, -0.25) is 4.90 Å². The van der Waals surface area contributed by atoms with E-state index in [0.717, 1.165) is 26.1 Å². The SMILES string of the molecule is C[C@H](CO)[C@H](C)NC(=O)N[C@@H]1CC[C@H]2CN(Cc3ccccc3)C[C@H]21. The Kier molecular flexibility index (Phi) is 5.97. The van der Waals surface area contributed by atoms with Crippen LogP contribution in [0.5, 0.6) is 0 Å². The van der Waals surface area contributed by atoms with E-state index >= 15 is 0 Å². The van der Waals surface area contributed by atoms with E-state index in [4.69, 9.17) is 0 Å². The first-order chi connectivity index (χ1) is 12.1. The molecular weight excluding hydrogens is 314 g/mol. The lowest BCUT2D eigenvalue weighted by Crippen LogP contribution is -2.49. The number of hydrogen-bond donors (Lipinski definition) is 3. The molecule has 1 aromatic rings. The number of rotatable bonds is 6. The van der Waals surface area contributed by atoms with Gasteiger partial charge in [0.25, 0.3) is 0 Å². The summed E-state index contributed by atoms with van der Waals surface area (Å²) in [5.74, 6) is 1.32. The number of fused-ring (bicyclic) bond motifs is 1. The van der Waals surface area contributed by atoms with Crippen molar-refractivity contribution in [2.75, 3.05) is 19.7 Å². The number of likely N-dealkylation sites (tertiary alicyclic amines) is 1. The molecule has 138 valence electrons. The standard InChI is InChI=1S/C20H31N3O2/c1-14(13-24)15(2)21-20(25)22-19-9-8-17-11-23(12-18(17)19)10-16-6-4-3-5-7-16/h3-7,14-15,17-19,24H,8-13H2,1-2H3,(H2,21,22,25)/t14-,15+,17+,18-,19-/m1/s1. The molecule has 1 heterocycles. The van der Waals surface area contributed by atoms with Gasteiger partial charge in [0.15, 0.2) is 0 Å². The van der Waals surface area contributed by atoms with Gasteiger partial charge in [0.05, 0.1) is 0 Å². The Labute approximate surface area is 150 Å². The molecule has 1 aliphatic carbocycles. The Hall–Kier alpha value is -1.59. The van der Waals surface area contributed by atoms with Crippen LogP contribution in [0.1, 0.15) is 32.3 Å². The van der Waals surface area contributed by atoms with Crippen molar-refractivity contribution in [1.82, 2.24) is 15.5 Å². The minimum absolute atomic E-state index is 0.0274. The molecule has 2 aliphatic rings. The molecule has 0 radical (unpaired) electrons. The predicted molar refractivity (Wildman–Crippen MR) is 99.1 cm³/mol. The number of hydrogen-bond acceptors (Lipinski definition) is 3. The number of aliphatic hydroxyl groups is 1. The molecule has 5 atom stereocenters. The van der Waals surface area contributed by atoms with Gasteiger partial charge in [-0.1, -0.05) is 37.3 Å². The van der Waals surface area contributed by atoms with Crippen LogP contribution in [0.4, 0.5) is 4.79 Å². The highest BCUT2D eigenvalue weighted by Gasteiger charge is 2.43. The lowest BCUT2D eigenvalue weighted by atomic mass is 9.98. The predicted octanol–water partition coefficient (Wildman–Crippen LogP) is 2.21. The number of benzene rings is 1. The fraction of sp³-hybridized carbons (Fsp3) is 0.650. The average Bonchev–Trinajstić information content (AvgIpc) is 3.16. The summed E-state index contributed by atoms with van der Waals surface area (Å²) in [6.45, 7) is 7.16. The highest BCUT2D eigenvalue weighted by Crippen LogP contribution is 2.38. The van der Waals surface area contributed by atoms with Crippen molar-refractivity contribution in [3.8, 4) is 0 Å². The maximum atomic E-state index is 12.3. The van der Waals surface area contributed by atoms with Crippen molar-refractivity contribution >= 4 is 6.03 Å². The van der Waals surface area contributed by atoms with E-state index in [0.29, 0.717) is 11.8 Å². The highest BCUT2D eigenvalue weighted by atomic mass is 16.3.